The van der Waals surface area contributed by atoms with E-state index in [2.05, 4.69) is 0 Å². The van der Waals surface area contributed by atoms with Gasteiger partial charge in [0.25, 0.3) is 0 Å². The number of rotatable bonds is 4. The summed E-state index contributed by atoms with van der Waals surface area (Å²) in [4.78, 5) is 12.6. The van der Waals surface area contributed by atoms with E-state index >= 15 is 0 Å². The summed E-state index contributed by atoms with van der Waals surface area (Å²) >= 11 is 6.19. The first-order valence-electron chi connectivity index (χ1n) is 7.53. The Kier molecular flexibility index (Phi) is 7.58. The maximum absolute atomic E-state index is 12.6. The van der Waals surface area contributed by atoms with Crippen LogP contribution in [-0.2, 0) is 0 Å². The molecule has 0 N–H and O–H groups in total. The van der Waals surface area contributed by atoms with Crippen LogP contribution in [0.2, 0.25) is 5.02 Å². The summed E-state index contributed by atoms with van der Waals surface area (Å²) < 4.78 is 5.86. The summed E-state index contributed by atoms with van der Waals surface area (Å²) in [7, 11) is 0.0528. The van der Waals surface area contributed by atoms with Crippen LogP contribution >= 0.6 is 20.2 Å². The second-order valence-corrected chi connectivity index (χ2v) is 8.23. The Balaban J connectivity index is 0.00000288. The predicted octanol–water partition coefficient (Wildman–Crippen LogP) is 4.63. The van der Waals surface area contributed by atoms with Gasteiger partial charge in [-0.05, 0) is 77.8 Å². The third kappa shape index (κ3) is 5.64. The van der Waals surface area contributed by atoms with E-state index in [9.17, 15) is 4.79 Å². The van der Waals surface area contributed by atoms with Crippen molar-refractivity contribution in [1.82, 2.24) is 0 Å². The van der Waals surface area contributed by atoms with Crippen molar-refractivity contribution in [2.45, 2.75) is 40.2 Å². The van der Waals surface area contributed by atoms with Gasteiger partial charge in [-0.1, -0.05) is 29.8 Å². The Labute approximate surface area is 163 Å². The van der Waals surface area contributed by atoms with Gasteiger partial charge in [0.1, 0.15) is 11.4 Å². The first-order chi connectivity index (χ1) is 10.7. The fraction of sp³-hybridized carbons (Fsp3) is 0.316. The zero-order valence-corrected chi connectivity index (χ0v) is 15.9. The molecule has 0 aliphatic heterocycles. The van der Waals surface area contributed by atoms with E-state index < -0.39 is 0 Å². The van der Waals surface area contributed by atoms with Crippen molar-refractivity contribution in [1.29, 1.82) is 0 Å². The van der Waals surface area contributed by atoms with Gasteiger partial charge in [-0.15, -0.1) is 0 Å². The van der Waals surface area contributed by atoms with Gasteiger partial charge in [0.05, 0.1) is 5.02 Å². The van der Waals surface area contributed by atoms with Gasteiger partial charge in [-0.25, -0.2) is 0 Å². The summed E-state index contributed by atoms with van der Waals surface area (Å²) in [6, 6.07) is 11.4. The van der Waals surface area contributed by atoms with E-state index in [1.54, 1.807) is 6.07 Å². The molecule has 0 saturated heterocycles. The van der Waals surface area contributed by atoms with Crippen LogP contribution < -0.4 is 10.0 Å². The molecule has 0 radical (unpaired) electrons. The van der Waals surface area contributed by atoms with E-state index in [0.717, 1.165) is 22.2 Å². The van der Waals surface area contributed by atoms with Crippen molar-refractivity contribution in [2.75, 3.05) is 0 Å². The number of benzene rings is 2. The number of hydrogen-bond acceptors (Lipinski definition) is 2. The Bertz CT molecular complexity index is 718. The minimum atomic E-state index is -0.235. The fourth-order valence-corrected chi connectivity index (χ4v) is 3.82. The molecule has 0 heterocycles. The standard InChI is InChI=1S/C19H22ClO2P.Li.H/c1-12-7-6-8-15(20)17(12)18(21)23-16-10-9-14(11-13(16)2)22-19(3,4)5;;/h6-11,23H,1-5H3;;. The van der Waals surface area contributed by atoms with E-state index in [1.807, 2.05) is 65.0 Å². The quantitative estimate of drug-likeness (QED) is 0.589. The molecular formula is C19H23ClLiO2P. The summed E-state index contributed by atoms with van der Waals surface area (Å²) in [5.41, 5.74) is 2.44. The van der Waals surface area contributed by atoms with Crippen molar-refractivity contribution in [3.8, 4) is 5.75 Å². The molecular weight excluding hydrogens is 334 g/mol. The molecule has 0 aliphatic rings. The number of carbonyl (C=O) groups is 1. The van der Waals surface area contributed by atoms with Crippen LogP contribution in [0.25, 0.3) is 0 Å². The third-order valence-corrected chi connectivity index (χ3v) is 4.94. The monoisotopic (exact) mass is 356 g/mol. The molecule has 5 heteroatoms. The van der Waals surface area contributed by atoms with Gasteiger partial charge in [0.15, 0.2) is 5.52 Å². The fourth-order valence-electron chi connectivity index (χ4n) is 2.30. The number of ether oxygens (including phenoxy) is 1. The van der Waals surface area contributed by atoms with Crippen molar-refractivity contribution < 1.29 is 9.53 Å². The maximum atomic E-state index is 12.6. The molecule has 0 aromatic heterocycles. The second-order valence-electron chi connectivity index (χ2n) is 6.58. The normalized spacial score (nSPS) is 11.4. The van der Waals surface area contributed by atoms with Gasteiger partial charge in [-0.3, -0.25) is 4.79 Å². The topological polar surface area (TPSA) is 26.3 Å². The van der Waals surface area contributed by atoms with E-state index in [1.165, 1.54) is 0 Å². The Morgan fingerprint density at radius 1 is 1.08 bits per heavy atom. The molecule has 0 bridgehead atoms. The SMILES string of the molecule is Cc1cc(OC(C)(C)C)ccc1PC(=O)c1c(C)cccc1Cl.[LiH]. The van der Waals surface area contributed by atoms with Crippen molar-refractivity contribution in [3.05, 3.63) is 58.1 Å². The van der Waals surface area contributed by atoms with Gasteiger partial charge < -0.3 is 4.74 Å². The van der Waals surface area contributed by atoms with Gasteiger partial charge in [-0.2, -0.15) is 0 Å². The first-order valence-corrected chi connectivity index (χ1v) is 8.91. The van der Waals surface area contributed by atoms with Crippen molar-refractivity contribution in [3.63, 3.8) is 0 Å². The zero-order valence-electron chi connectivity index (χ0n) is 14.2. The van der Waals surface area contributed by atoms with Crippen LogP contribution in [0.3, 0.4) is 0 Å². The number of carbonyl (C=O) groups excluding carboxylic acids is 1. The molecule has 0 saturated carbocycles. The van der Waals surface area contributed by atoms with Crippen LogP contribution in [0.15, 0.2) is 36.4 Å². The average molecular weight is 357 g/mol. The summed E-state index contributed by atoms with van der Waals surface area (Å²) in [6.45, 7) is 9.96. The van der Waals surface area contributed by atoms with Gasteiger partial charge in [0.2, 0.25) is 0 Å². The summed E-state index contributed by atoms with van der Waals surface area (Å²) in [5.74, 6) is 0.824. The summed E-state index contributed by atoms with van der Waals surface area (Å²) in [5, 5.41) is 1.54. The molecule has 0 aliphatic carbocycles. The number of halogens is 1. The molecule has 1 atom stereocenters. The second kappa shape index (κ2) is 8.55. The minimum absolute atomic E-state index is 0. The summed E-state index contributed by atoms with van der Waals surface area (Å²) in [6.07, 6.45) is 0. The molecule has 0 spiro atoms. The Hall–Kier alpha value is -0.773. The molecule has 2 aromatic rings. The third-order valence-electron chi connectivity index (χ3n) is 3.32. The first kappa shape index (κ1) is 21.3. The molecule has 2 nitrogen and oxygen atoms in total. The molecule has 2 aromatic carbocycles. The molecule has 2 rings (SSSR count). The molecule has 0 amide bonds. The molecule has 24 heavy (non-hydrogen) atoms. The Morgan fingerprint density at radius 3 is 2.29 bits per heavy atom. The van der Waals surface area contributed by atoms with Crippen molar-refractivity contribution in [2.24, 2.45) is 0 Å². The number of hydrogen-bond donors (Lipinski definition) is 0. The predicted molar refractivity (Wildman–Crippen MR) is 107 cm³/mol. The van der Waals surface area contributed by atoms with E-state index in [-0.39, 0.29) is 38.6 Å². The average Bonchev–Trinajstić information content (AvgIpc) is 2.40. The molecule has 1 unspecified atom stereocenters. The van der Waals surface area contributed by atoms with Crippen LogP contribution in [0, 0.1) is 13.8 Å². The van der Waals surface area contributed by atoms with E-state index in [0.29, 0.717) is 10.6 Å². The van der Waals surface area contributed by atoms with Crippen molar-refractivity contribution >= 4 is 49.9 Å². The van der Waals surface area contributed by atoms with Crippen LogP contribution in [0.4, 0.5) is 0 Å². The van der Waals surface area contributed by atoms with Crippen LogP contribution in [-0.4, -0.2) is 30.0 Å². The van der Waals surface area contributed by atoms with Gasteiger partial charge in [0, 0.05) is 5.56 Å². The molecule has 0 fully saturated rings. The number of aryl methyl sites for hydroxylation is 2. The van der Waals surface area contributed by atoms with Crippen LogP contribution in [0.1, 0.15) is 42.3 Å². The zero-order chi connectivity index (χ0) is 17.2. The van der Waals surface area contributed by atoms with Crippen LogP contribution in [0.5, 0.6) is 5.75 Å². The molecule has 124 valence electrons. The van der Waals surface area contributed by atoms with Gasteiger partial charge >= 0.3 is 18.9 Å². The Morgan fingerprint density at radius 2 is 1.75 bits per heavy atom. The van der Waals surface area contributed by atoms with E-state index in [4.69, 9.17) is 16.3 Å².